The van der Waals surface area contributed by atoms with Crippen LogP contribution in [0.4, 0.5) is 4.39 Å². The van der Waals surface area contributed by atoms with Crippen molar-refractivity contribution in [3.8, 4) is 16.9 Å². The van der Waals surface area contributed by atoms with Gasteiger partial charge in [0.1, 0.15) is 11.6 Å². The van der Waals surface area contributed by atoms with Gasteiger partial charge in [-0.05, 0) is 51.6 Å². The third kappa shape index (κ3) is 2.33. The number of rotatable bonds is 2. The zero-order chi connectivity index (χ0) is 15.8. The highest BCUT2D eigenvalue weighted by atomic mass is 19.1. The van der Waals surface area contributed by atoms with Crippen molar-refractivity contribution in [2.45, 2.75) is 0 Å². The molecule has 0 aliphatic heterocycles. The van der Waals surface area contributed by atoms with E-state index in [1.807, 2.05) is 36.4 Å². The first-order valence-electron chi connectivity index (χ1n) is 7.52. The summed E-state index contributed by atoms with van der Waals surface area (Å²) in [5, 5.41) is 4.18. The Labute approximate surface area is 133 Å². The third-order valence-corrected chi connectivity index (χ3v) is 4.22. The van der Waals surface area contributed by atoms with Gasteiger partial charge < -0.3 is 4.74 Å². The second-order valence-electron chi connectivity index (χ2n) is 5.57. The lowest BCUT2D eigenvalue weighted by molar-refractivity contribution is 0.420. The van der Waals surface area contributed by atoms with E-state index >= 15 is 0 Å². The molecule has 0 radical (unpaired) electrons. The van der Waals surface area contributed by atoms with Crippen LogP contribution in [-0.2, 0) is 0 Å². The zero-order valence-electron chi connectivity index (χ0n) is 12.7. The number of halogens is 1. The fraction of sp³-hybridized carbons (Fsp3) is 0.0476. The molecule has 112 valence electrons. The van der Waals surface area contributed by atoms with Crippen LogP contribution in [0.3, 0.4) is 0 Å². The van der Waals surface area contributed by atoms with E-state index < -0.39 is 0 Å². The van der Waals surface area contributed by atoms with Crippen LogP contribution in [0.2, 0.25) is 0 Å². The van der Waals surface area contributed by atoms with Gasteiger partial charge in [0.25, 0.3) is 0 Å². The van der Waals surface area contributed by atoms with Crippen LogP contribution < -0.4 is 4.74 Å². The first-order chi connectivity index (χ1) is 11.3. The lowest BCUT2D eigenvalue weighted by atomic mass is 9.96. The van der Waals surface area contributed by atoms with Crippen molar-refractivity contribution < 1.29 is 9.13 Å². The minimum absolute atomic E-state index is 0.208. The number of benzene rings is 4. The molecule has 0 saturated heterocycles. The number of ether oxygens (including phenoxy) is 1. The van der Waals surface area contributed by atoms with Crippen LogP contribution >= 0.6 is 0 Å². The molecule has 4 aromatic carbocycles. The molecule has 4 rings (SSSR count). The third-order valence-electron chi connectivity index (χ3n) is 4.22. The number of fused-ring (bicyclic) bond motifs is 2. The molecule has 0 atom stereocenters. The van der Waals surface area contributed by atoms with E-state index in [4.69, 9.17) is 4.74 Å². The molecule has 0 spiro atoms. The molecule has 0 saturated carbocycles. The van der Waals surface area contributed by atoms with Crippen LogP contribution in [0.1, 0.15) is 0 Å². The summed E-state index contributed by atoms with van der Waals surface area (Å²) in [6, 6.07) is 23.3. The van der Waals surface area contributed by atoms with Crippen molar-refractivity contribution in [3.05, 3.63) is 78.6 Å². The first kappa shape index (κ1) is 13.8. The fourth-order valence-corrected chi connectivity index (χ4v) is 3.09. The number of methoxy groups -OCH3 is 1. The Kier molecular flexibility index (Phi) is 3.23. The average Bonchev–Trinajstić information content (AvgIpc) is 2.60. The summed E-state index contributed by atoms with van der Waals surface area (Å²) in [4.78, 5) is 0. The summed E-state index contributed by atoms with van der Waals surface area (Å²) in [6.45, 7) is 0. The van der Waals surface area contributed by atoms with E-state index in [-0.39, 0.29) is 5.82 Å². The molecule has 0 aromatic heterocycles. The molecular weight excluding hydrogens is 287 g/mol. The van der Waals surface area contributed by atoms with E-state index in [9.17, 15) is 4.39 Å². The summed E-state index contributed by atoms with van der Waals surface area (Å²) in [6.07, 6.45) is 0. The van der Waals surface area contributed by atoms with Crippen molar-refractivity contribution in [2.75, 3.05) is 7.11 Å². The maximum absolute atomic E-state index is 13.3. The normalized spacial score (nSPS) is 11.0. The number of hydrogen-bond donors (Lipinski definition) is 0. The summed E-state index contributed by atoms with van der Waals surface area (Å²) in [5.41, 5.74) is 2.26. The summed E-state index contributed by atoms with van der Waals surface area (Å²) < 4.78 is 18.8. The van der Waals surface area contributed by atoms with Crippen LogP contribution in [0.15, 0.2) is 72.8 Å². The van der Waals surface area contributed by atoms with Gasteiger partial charge in [0.05, 0.1) is 7.11 Å². The molecule has 4 aromatic rings. The Morgan fingerprint density at radius 2 is 1.48 bits per heavy atom. The molecule has 0 N–H and O–H groups in total. The number of hydrogen-bond acceptors (Lipinski definition) is 1. The van der Waals surface area contributed by atoms with Crippen molar-refractivity contribution in [1.29, 1.82) is 0 Å². The van der Waals surface area contributed by atoms with Crippen molar-refractivity contribution in [2.24, 2.45) is 0 Å². The molecule has 1 nitrogen and oxygen atoms in total. The molecule has 0 bridgehead atoms. The van der Waals surface area contributed by atoms with E-state index in [1.165, 1.54) is 6.07 Å². The van der Waals surface area contributed by atoms with Gasteiger partial charge in [-0.25, -0.2) is 4.39 Å². The van der Waals surface area contributed by atoms with Gasteiger partial charge in [0.2, 0.25) is 0 Å². The standard InChI is InChI=1S/C21H15FO/c1-23-21-11-10-18(19-4-2-3-5-20(19)21)16-7-6-15-13-17(22)9-8-14(15)12-16/h2-13H,1H3. The molecule has 0 aliphatic carbocycles. The summed E-state index contributed by atoms with van der Waals surface area (Å²) in [7, 11) is 1.69. The molecule has 0 heterocycles. The lowest BCUT2D eigenvalue weighted by Gasteiger charge is -2.11. The minimum atomic E-state index is -0.208. The van der Waals surface area contributed by atoms with Gasteiger partial charge in [-0.2, -0.15) is 0 Å². The van der Waals surface area contributed by atoms with E-state index in [2.05, 4.69) is 24.3 Å². The van der Waals surface area contributed by atoms with E-state index in [1.54, 1.807) is 13.2 Å². The predicted molar refractivity (Wildman–Crippen MR) is 93.4 cm³/mol. The van der Waals surface area contributed by atoms with Gasteiger partial charge >= 0.3 is 0 Å². The van der Waals surface area contributed by atoms with Crippen molar-refractivity contribution in [1.82, 2.24) is 0 Å². The molecule has 0 amide bonds. The van der Waals surface area contributed by atoms with Gasteiger partial charge in [-0.3, -0.25) is 0 Å². The van der Waals surface area contributed by atoms with E-state index in [0.717, 1.165) is 38.4 Å². The lowest BCUT2D eigenvalue weighted by Crippen LogP contribution is -1.88. The van der Waals surface area contributed by atoms with Gasteiger partial charge in [0.15, 0.2) is 0 Å². The molecule has 2 heteroatoms. The highest BCUT2D eigenvalue weighted by Gasteiger charge is 2.08. The highest BCUT2D eigenvalue weighted by molar-refractivity contribution is 6.01. The molecular formula is C21H15FO. The molecule has 0 unspecified atom stereocenters. The SMILES string of the molecule is COc1ccc(-c2ccc3cc(F)ccc3c2)c2ccccc12. The van der Waals surface area contributed by atoms with Gasteiger partial charge in [0, 0.05) is 5.39 Å². The zero-order valence-corrected chi connectivity index (χ0v) is 12.7. The van der Waals surface area contributed by atoms with Gasteiger partial charge in [-0.1, -0.05) is 48.5 Å². The second-order valence-corrected chi connectivity index (χ2v) is 5.57. The van der Waals surface area contributed by atoms with Crippen molar-refractivity contribution >= 4 is 21.5 Å². The Hall–Kier alpha value is -2.87. The van der Waals surface area contributed by atoms with Crippen molar-refractivity contribution in [3.63, 3.8) is 0 Å². The molecule has 0 aliphatic rings. The Bertz CT molecular complexity index is 1020. The Balaban J connectivity index is 1.97. The maximum Gasteiger partial charge on any atom is 0.126 e. The Morgan fingerprint density at radius 1 is 0.739 bits per heavy atom. The first-order valence-corrected chi connectivity index (χ1v) is 7.52. The minimum Gasteiger partial charge on any atom is -0.496 e. The monoisotopic (exact) mass is 302 g/mol. The van der Waals surface area contributed by atoms with Crippen LogP contribution in [0.5, 0.6) is 5.75 Å². The smallest absolute Gasteiger partial charge is 0.126 e. The Morgan fingerprint density at radius 3 is 2.30 bits per heavy atom. The van der Waals surface area contributed by atoms with Crippen LogP contribution in [-0.4, -0.2) is 7.11 Å². The topological polar surface area (TPSA) is 9.23 Å². The highest BCUT2D eigenvalue weighted by Crippen LogP contribution is 2.35. The van der Waals surface area contributed by atoms with Crippen LogP contribution in [0, 0.1) is 5.82 Å². The summed E-state index contributed by atoms with van der Waals surface area (Å²) in [5.74, 6) is 0.660. The predicted octanol–water partition coefficient (Wildman–Crippen LogP) is 5.81. The maximum atomic E-state index is 13.3. The molecule has 0 fully saturated rings. The quantitative estimate of drug-likeness (QED) is 0.454. The fourth-order valence-electron chi connectivity index (χ4n) is 3.09. The largest absolute Gasteiger partial charge is 0.496 e. The van der Waals surface area contributed by atoms with E-state index in [0.29, 0.717) is 0 Å². The summed E-state index contributed by atoms with van der Waals surface area (Å²) >= 11 is 0. The average molecular weight is 302 g/mol. The van der Waals surface area contributed by atoms with Crippen LogP contribution in [0.25, 0.3) is 32.7 Å². The second kappa shape index (κ2) is 5.40. The van der Waals surface area contributed by atoms with Gasteiger partial charge in [-0.15, -0.1) is 0 Å². The molecule has 23 heavy (non-hydrogen) atoms.